The van der Waals surface area contributed by atoms with Gasteiger partial charge in [0.2, 0.25) is 5.91 Å². The predicted molar refractivity (Wildman–Crippen MR) is 75.8 cm³/mol. The van der Waals surface area contributed by atoms with Crippen LogP contribution in [0.4, 0.5) is 0 Å². The highest BCUT2D eigenvalue weighted by molar-refractivity contribution is 5.94. The van der Waals surface area contributed by atoms with Crippen LogP contribution in [0.15, 0.2) is 42.0 Å². The van der Waals surface area contributed by atoms with Crippen LogP contribution < -0.4 is 0 Å². The molecular weight excluding hydrogens is 254 g/mol. The molecule has 0 N–H and O–H groups in total. The topological polar surface area (TPSA) is 46.6 Å². The van der Waals surface area contributed by atoms with Crippen LogP contribution >= 0.6 is 0 Å². The standard InChI is InChI=1S/C16H19NO3/c1-20-15(18)10-9-14-8-5-11-17(16(14)19)12-13-6-3-2-4-7-13/h2-4,6-8H,5,9-12H2,1H3. The minimum Gasteiger partial charge on any atom is -0.469 e. The first-order chi connectivity index (χ1) is 9.70. The third-order valence-electron chi connectivity index (χ3n) is 3.39. The van der Waals surface area contributed by atoms with E-state index in [-0.39, 0.29) is 18.3 Å². The molecule has 1 aromatic rings. The molecule has 1 aliphatic heterocycles. The lowest BCUT2D eigenvalue weighted by Gasteiger charge is -2.27. The van der Waals surface area contributed by atoms with Crippen LogP contribution in [0.25, 0.3) is 0 Å². The zero-order valence-corrected chi connectivity index (χ0v) is 11.7. The fraction of sp³-hybridized carbons (Fsp3) is 0.375. The summed E-state index contributed by atoms with van der Waals surface area (Å²) in [5.41, 5.74) is 1.84. The van der Waals surface area contributed by atoms with Crippen LogP contribution in [0.5, 0.6) is 0 Å². The highest BCUT2D eigenvalue weighted by Gasteiger charge is 2.22. The molecule has 0 saturated heterocycles. The molecule has 0 saturated carbocycles. The molecule has 0 aromatic heterocycles. The smallest absolute Gasteiger partial charge is 0.305 e. The Bertz CT molecular complexity index is 508. The number of carbonyl (C=O) groups is 2. The molecule has 1 aliphatic rings. The van der Waals surface area contributed by atoms with Crippen molar-refractivity contribution < 1.29 is 14.3 Å². The van der Waals surface area contributed by atoms with Crippen molar-refractivity contribution in [1.29, 1.82) is 0 Å². The number of methoxy groups -OCH3 is 1. The van der Waals surface area contributed by atoms with Crippen molar-refractivity contribution in [1.82, 2.24) is 4.90 Å². The summed E-state index contributed by atoms with van der Waals surface area (Å²) in [6.45, 7) is 1.35. The Morgan fingerprint density at radius 2 is 2.05 bits per heavy atom. The number of rotatable bonds is 5. The van der Waals surface area contributed by atoms with Crippen LogP contribution in [-0.4, -0.2) is 30.4 Å². The van der Waals surface area contributed by atoms with Gasteiger partial charge in [0, 0.05) is 25.1 Å². The molecule has 0 bridgehead atoms. The third-order valence-corrected chi connectivity index (χ3v) is 3.39. The summed E-state index contributed by atoms with van der Waals surface area (Å²) in [5, 5.41) is 0. The van der Waals surface area contributed by atoms with Crippen molar-refractivity contribution >= 4 is 11.9 Å². The van der Waals surface area contributed by atoms with Crippen molar-refractivity contribution in [2.75, 3.05) is 13.7 Å². The number of hydrogen-bond acceptors (Lipinski definition) is 3. The quantitative estimate of drug-likeness (QED) is 0.773. The Labute approximate surface area is 119 Å². The zero-order valence-electron chi connectivity index (χ0n) is 11.7. The summed E-state index contributed by atoms with van der Waals surface area (Å²) in [7, 11) is 1.36. The molecule has 0 atom stereocenters. The van der Waals surface area contributed by atoms with E-state index in [1.54, 1.807) is 0 Å². The summed E-state index contributed by atoms with van der Waals surface area (Å²) in [4.78, 5) is 25.3. The normalized spacial score (nSPS) is 14.9. The zero-order chi connectivity index (χ0) is 14.4. The number of hydrogen-bond donors (Lipinski definition) is 0. The fourth-order valence-electron chi connectivity index (χ4n) is 2.29. The first-order valence-electron chi connectivity index (χ1n) is 6.79. The van der Waals surface area contributed by atoms with Gasteiger partial charge in [-0.3, -0.25) is 9.59 Å². The summed E-state index contributed by atoms with van der Waals surface area (Å²) in [6.07, 6.45) is 3.49. The SMILES string of the molecule is COC(=O)CCC1=CCCN(Cc2ccccc2)C1=O. The van der Waals surface area contributed by atoms with Gasteiger partial charge in [0.05, 0.1) is 7.11 Å². The largest absolute Gasteiger partial charge is 0.469 e. The minimum atomic E-state index is -0.279. The average Bonchev–Trinajstić information content (AvgIpc) is 2.49. The number of benzene rings is 1. The van der Waals surface area contributed by atoms with Crippen LogP contribution in [0.3, 0.4) is 0 Å². The van der Waals surface area contributed by atoms with E-state index < -0.39 is 0 Å². The molecule has 2 rings (SSSR count). The second kappa shape index (κ2) is 6.89. The van der Waals surface area contributed by atoms with Crippen molar-refractivity contribution in [3.63, 3.8) is 0 Å². The Morgan fingerprint density at radius 3 is 2.75 bits per heavy atom. The molecule has 4 nitrogen and oxygen atoms in total. The summed E-state index contributed by atoms with van der Waals surface area (Å²) >= 11 is 0. The predicted octanol–water partition coefficient (Wildman–Crippen LogP) is 2.30. The minimum absolute atomic E-state index is 0.0315. The Morgan fingerprint density at radius 1 is 1.30 bits per heavy atom. The van der Waals surface area contributed by atoms with E-state index in [0.717, 1.165) is 24.1 Å². The second-order valence-corrected chi connectivity index (χ2v) is 4.81. The Kier molecular flexibility index (Phi) is 4.93. The monoisotopic (exact) mass is 273 g/mol. The molecule has 0 unspecified atom stereocenters. The number of amides is 1. The van der Waals surface area contributed by atoms with E-state index in [4.69, 9.17) is 0 Å². The molecular formula is C16H19NO3. The van der Waals surface area contributed by atoms with E-state index in [2.05, 4.69) is 4.74 Å². The molecule has 20 heavy (non-hydrogen) atoms. The summed E-state index contributed by atoms with van der Waals surface area (Å²) in [5.74, 6) is -0.247. The number of ether oxygens (including phenoxy) is 1. The molecule has 0 spiro atoms. The average molecular weight is 273 g/mol. The molecule has 4 heteroatoms. The number of esters is 1. The molecule has 1 aromatic carbocycles. The molecule has 106 valence electrons. The molecule has 0 fully saturated rings. The van der Waals surface area contributed by atoms with Crippen molar-refractivity contribution in [3.05, 3.63) is 47.5 Å². The lowest BCUT2D eigenvalue weighted by Crippen LogP contribution is -2.35. The number of nitrogens with zero attached hydrogens (tertiary/aromatic N) is 1. The summed E-state index contributed by atoms with van der Waals surface area (Å²) in [6, 6.07) is 9.93. The second-order valence-electron chi connectivity index (χ2n) is 4.81. The highest BCUT2D eigenvalue weighted by Crippen LogP contribution is 2.18. The first-order valence-corrected chi connectivity index (χ1v) is 6.79. The maximum Gasteiger partial charge on any atom is 0.305 e. The molecule has 1 amide bonds. The maximum absolute atomic E-state index is 12.3. The maximum atomic E-state index is 12.3. The highest BCUT2D eigenvalue weighted by atomic mass is 16.5. The third kappa shape index (κ3) is 3.70. The van der Waals surface area contributed by atoms with E-state index in [1.165, 1.54) is 7.11 Å². The Balaban J connectivity index is 1.95. The van der Waals surface area contributed by atoms with Crippen LogP contribution in [0.1, 0.15) is 24.8 Å². The van der Waals surface area contributed by atoms with Crippen LogP contribution in [-0.2, 0) is 20.9 Å². The van der Waals surface area contributed by atoms with Crippen molar-refractivity contribution in [2.24, 2.45) is 0 Å². The van der Waals surface area contributed by atoms with E-state index in [0.29, 0.717) is 13.0 Å². The van der Waals surface area contributed by atoms with Gasteiger partial charge in [0.1, 0.15) is 0 Å². The lowest BCUT2D eigenvalue weighted by molar-refractivity contribution is -0.140. The number of carbonyl (C=O) groups excluding carboxylic acids is 2. The van der Waals surface area contributed by atoms with Gasteiger partial charge >= 0.3 is 5.97 Å². The van der Waals surface area contributed by atoms with Gasteiger partial charge in [0.15, 0.2) is 0 Å². The van der Waals surface area contributed by atoms with E-state index in [1.807, 2.05) is 41.3 Å². The fourth-order valence-corrected chi connectivity index (χ4v) is 2.29. The molecule has 0 radical (unpaired) electrons. The van der Waals surface area contributed by atoms with Crippen LogP contribution in [0, 0.1) is 0 Å². The van der Waals surface area contributed by atoms with Crippen molar-refractivity contribution in [2.45, 2.75) is 25.8 Å². The summed E-state index contributed by atoms with van der Waals surface area (Å²) < 4.78 is 4.61. The van der Waals surface area contributed by atoms with Gasteiger partial charge in [-0.25, -0.2) is 0 Å². The molecule has 0 aliphatic carbocycles. The van der Waals surface area contributed by atoms with Gasteiger partial charge in [-0.2, -0.15) is 0 Å². The Hall–Kier alpha value is -2.10. The molecule has 1 heterocycles. The van der Waals surface area contributed by atoms with Gasteiger partial charge < -0.3 is 9.64 Å². The van der Waals surface area contributed by atoms with Crippen molar-refractivity contribution in [3.8, 4) is 0 Å². The van der Waals surface area contributed by atoms with Gasteiger partial charge in [-0.1, -0.05) is 36.4 Å². The first kappa shape index (κ1) is 14.3. The lowest BCUT2D eigenvalue weighted by atomic mass is 10.0. The van der Waals surface area contributed by atoms with E-state index in [9.17, 15) is 9.59 Å². The van der Waals surface area contributed by atoms with Crippen LogP contribution in [0.2, 0.25) is 0 Å². The van der Waals surface area contributed by atoms with Gasteiger partial charge in [-0.15, -0.1) is 0 Å². The van der Waals surface area contributed by atoms with Gasteiger partial charge in [0.25, 0.3) is 0 Å². The van der Waals surface area contributed by atoms with Gasteiger partial charge in [-0.05, 0) is 18.4 Å². The van der Waals surface area contributed by atoms with E-state index >= 15 is 0 Å².